The molecule has 0 spiro atoms. The van der Waals surface area contributed by atoms with Crippen molar-refractivity contribution in [3.8, 4) is 5.75 Å². The molecule has 1 aromatic heterocycles. The molecule has 0 saturated carbocycles. The average molecular weight is 433 g/mol. The lowest BCUT2D eigenvalue weighted by molar-refractivity contribution is -0.134. The second kappa shape index (κ2) is 9.34. The summed E-state index contributed by atoms with van der Waals surface area (Å²) in [6.45, 7) is 7.07. The molecule has 1 aliphatic heterocycles. The summed E-state index contributed by atoms with van der Waals surface area (Å²) in [6, 6.07) is 13.1. The van der Waals surface area contributed by atoms with Gasteiger partial charge in [-0.2, -0.15) is 0 Å². The van der Waals surface area contributed by atoms with Crippen molar-refractivity contribution in [1.29, 1.82) is 0 Å². The molecular weight excluding hydrogens is 404 g/mol. The van der Waals surface area contributed by atoms with Gasteiger partial charge in [0.15, 0.2) is 6.61 Å². The number of nitrogens with zero attached hydrogens (tertiary/aromatic N) is 3. The number of rotatable bonds is 5. The first-order valence-corrected chi connectivity index (χ1v) is 10.9. The highest BCUT2D eigenvalue weighted by Gasteiger charge is 2.24. The Morgan fingerprint density at radius 3 is 2.31 bits per heavy atom. The van der Waals surface area contributed by atoms with Gasteiger partial charge in [-0.15, -0.1) is 0 Å². The summed E-state index contributed by atoms with van der Waals surface area (Å²) < 4.78 is 5.60. The first-order chi connectivity index (χ1) is 15.4. The molecule has 7 heteroatoms. The Hall–Kier alpha value is -3.48. The Balaban J connectivity index is 1.28. The number of carbonyl (C=O) groups is 2. The van der Waals surface area contributed by atoms with Crippen molar-refractivity contribution >= 4 is 22.8 Å². The van der Waals surface area contributed by atoms with E-state index in [4.69, 9.17) is 4.74 Å². The van der Waals surface area contributed by atoms with Crippen LogP contribution in [0.1, 0.15) is 40.2 Å². The summed E-state index contributed by atoms with van der Waals surface area (Å²) in [5.41, 5.74) is 4.97. The normalized spacial score (nSPS) is 14.4. The number of hydrogen-bond acceptors (Lipinski definition) is 5. The van der Waals surface area contributed by atoms with E-state index in [9.17, 15) is 9.59 Å². The Morgan fingerprint density at radius 2 is 1.62 bits per heavy atom. The molecule has 0 aliphatic carbocycles. The van der Waals surface area contributed by atoms with E-state index in [1.165, 1.54) is 0 Å². The van der Waals surface area contributed by atoms with E-state index in [1.807, 2.05) is 51.1 Å². The number of nitrogens with one attached hydrogen (secondary N) is 1. The SMILES string of the molecule is Cc1ccc(OCC(=O)N2CCC(NC(=O)c3ccc4nc(C)c(C)nc4c3)CC2)cc1. The number of carbonyl (C=O) groups excluding carboxylic acids is 2. The first kappa shape index (κ1) is 21.7. The first-order valence-electron chi connectivity index (χ1n) is 10.9. The number of piperidine rings is 1. The van der Waals surface area contributed by atoms with Crippen LogP contribution >= 0.6 is 0 Å². The molecule has 0 atom stereocenters. The predicted molar refractivity (Wildman–Crippen MR) is 123 cm³/mol. The molecule has 1 aliphatic rings. The van der Waals surface area contributed by atoms with Crippen LogP contribution in [0, 0.1) is 20.8 Å². The van der Waals surface area contributed by atoms with Crippen molar-refractivity contribution in [2.24, 2.45) is 0 Å². The molecule has 166 valence electrons. The van der Waals surface area contributed by atoms with Crippen LogP contribution in [0.4, 0.5) is 0 Å². The number of aromatic nitrogens is 2. The van der Waals surface area contributed by atoms with Gasteiger partial charge in [-0.25, -0.2) is 9.97 Å². The molecule has 0 bridgehead atoms. The van der Waals surface area contributed by atoms with Crippen LogP contribution in [-0.4, -0.2) is 52.4 Å². The number of aryl methyl sites for hydroxylation is 3. The van der Waals surface area contributed by atoms with Crippen molar-refractivity contribution < 1.29 is 14.3 Å². The number of fused-ring (bicyclic) bond motifs is 1. The fraction of sp³-hybridized carbons (Fsp3) is 0.360. The van der Waals surface area contributed by atoms with E-state index >= 15 is 0 Å². The van der Waals surface area contributed by atoms with Crippen molar-refractivity contribution in [1.82, 2.24) is 20.2 Å². The second-order valence-corrected chi connectivity index (χ2v) is 8.33. The topological polar surface area (TPSA) is 84.4 Å². The molecule has 4 rings (SSSR count). The van der Waals surface area contributed by atoms with Gasteiger partial charge >= 0.3 is 0 Å². The van der Waals surface area contributed by atoms with E-state index in [2.05, 4.69) is 15.3 Å². The van der Waals surface area contributed by atoms with Gasteiger partial charge in [0.25, 0.3) is 11.8 Å². The van der Waals surface area contributed by atoms with Gasteiger partial charge in [-0.3, -0.25) is 9.59 Å². The zero-order chi connectivity index (χ0) is 22.7. The van der Waals surface area contributed by atoms with Crippen LogP contribution < -0.4 is 10.1 Å². The Kier molecular flexibility index (Phi) is 6.35. The monoisotopic (exact) mass is 432 g/mol. The van der Waals surface area contributed by atoms with Gasteiger partial charge in [0.05, 0.1) is 22.4 Å². The highest BCUT2D eigenvalue weighted by molar-refractivity contribution is 5.97. The molecule has 0 radical (unpaired) electrons. The maximum atomic E-state index is 12.7. The van der Waals surface area contributed by atoms with Crippen molar-refractivity contribution in [2.45, 2.75) is 39.7 Å². The van der Waals surface area contributed by atoms with Gasteiger partial charge in [0.2, 0.25) is 0 Å². The lowest BCUT2D eigenvalue weighted by atomic mass is 10.0. The molecule has 7 nitrogen and oxygen atoms in total. The third-order valence-electron chi connectivity index (χ3n) is 5.90. The van der Waals surface area contributed by atoms with Crippen LogP contribution in [0.2, 0.25) is 0 Å². The Labute approximate surface area is 187 Å². The quantitative estimate of drug-likeness (QED) is 0.668. The minimum atomic E-state index is -0.126. The summed E-state index contributed by atoms with van der Waals surface area (Å²) in [4.78, 5) is 36.1. The van der Waals surface area contributed by atoms with Crippen LogP contribution in [0.5, 0.6) is 5.75 Å². The van der Waals surface area contributed by atoms with E-state index in [1.54, 1.807) is 17.0 Å². The highest BCUT2D eigenvalue weighted by atomic mass is 16.5. The van der Waals surface area contributed by atoms with Gasteiger partial charge in [0, 0.05) is 24.7 Å². The molecule has 1 fully saturated rings. The van der Waals surface area contributed by atoms with Crippen molar-refractivity contribution in [2.75, 3.05) is 19.7 Å². The fourth-order valence-electron chi connectivity index (χ4n) is 3.78. The Bertz CT molecular complexity index is 1140. The van der Waals surface area contributed by atoms with E-state index in [0.717, 1.165) is 28.0 Å². The zero-order valence-corrected chi connectivity index (χ0v) is 18.7. The molecule has 1 saturated heterocycles. The Morgan fingerprint density at radius 1 is 0.969 bits per heavy atom. The zero-order valence-electron chi connectivity index (χ0n) is 18.7. The van der Waals surface area contributed by atoms with Gasteiger partial charge in [0.1, 0.15) is 5.75 Å². The van der Waals surface area contributed by atoms with E-state index in [0.29, 0.717) is 37.2 Å². The summed E-state index contributed by atoms with van der Waals surface area (Å²) in [5, 5.41) is 3.09. The minimum absolute atomic E-state index is 0.0249. The minimum Gasteiger partial charge on any atom is -0.484 e. The molecular formula is C25H28N4O3. The summed E-state index contributed by atoms with van der Waals surface area (Å²) in [6.07, 6.45) is 1.43. The second-order valence-electron chi connectivity index (χ2n) is 8.33. The van der Waals surface area contributed by atoms with Crippen LogP contribution in [0.25, 0.3) is 11.0 Å². The lowest BCUT2D eigenvalue weighted by Gasteiger charge is -2.32. The molecule has 0 unspecified atom stereocenters. The number of amides is 2. The summed E-state index contributed by atoms with van der Waals surface area (Å²) in [7, 11) is 0. The maximum Gasteiger partial charge on any atom is 0.260 e. The molecule has 1 N–H and O–H groups in total. The average Bonchev–Trinajstić information content (AvgIpc) is 2.79. The van der Waals surface area contributed by atoms with Gasteiger partial charge in [-0.1, -0.05) is 17.7 Å². The van der Waals surface area contributed by atoms with Crippen LogP contribution in [-0.2, 0) is 4.79 Å². The third-order valence-corrected chi connectivity index (χ3v) is 5.90. The van der Waals surface area contributed by atoms with E-state index < -0.39 is 0 Å². The number of likely N-dealkylation sites (tertiary alicyclic amines) is 1. The molecule has 2 heterocycles. The van der Waals surface area contributed by atoms with Crippen LogP contribution in [0.3, 0.4) is 0 Å². The lowest BCUT2D eigenvalue weighted by Crippen LogP contribution is -2.47. The number of hydrogen-bond donors (Lipinski definition) is 1. The molecule has 3 aromatic rings. The molecule has 32 heavy (non-hydrogen) atoms. The number of ether oxygens (including phenoxy) is 1. The molecule has 2 amide bonds. The van der Waals surface area contributed by atoms with Crippen LogP contribution in [0.15, 0.2) is 42.5 Å². The fourth-order valence-corrected chi connectivity index (χ4v) is 3.78. The highest BCUT2D eigenvalue weighted by Crippen LogP contribution is 2.17. The number of benzene rings is 2. The maximum absolute atomic E-state index is 12.7. The van der Waals surface area contributed by atoms with Crippen molar-refractivity contribution in [3.63, 3.8) is 0 Å². The van der Waals surface area contributed by atoms with E-state index in [-0.39, 0.29) is 24.5 Å². The smallest absolute Gasteiger partial charge is 0.260 e. The van der Waals surface area contributed by atoms with Crippen molar-refractivity contribution in [3.05, 3.63) is 65.0 Å². The predicted octanol–water partition coefficient (Wildman–Crippen LogP) is 3.35. The molecule has 2 aromatic carbocycles. The third kappa shape index (κ3) is 5.04. The largest absolute Gasteiger partial charge is 0.484 e. The summed E-state index contributed by atoms with van der Waals surface area (Å²) in [5.74, 6) is 0.532. The summed E-state index contributed by atoms with van der Waals surface area (Å²) >= 11 is 0. The van der Waals surface area contributed by atoms with Gasteiger partial charge < -0.3 is 15.0 Å². The standard InChI is InChI=1S/C25H28N4O3/c1-16-4-7-21(8-5-16)32-15-24(30)29-12-10-20(11-13-29)28-25(31)19-6-9-22-23(14-19)27-18(3)17(2)26-22/h4-9,14,20H,10-13,15H2,1-3H3,(H,28,31). The van der Waals surface area contributed by atoms with Gasteiger partial charge in [-0.05, 0) is 63.9 Å².